The third-order valence-electron chi connectivity index (χ3n) is 4.14. The average molecular weight is 360 g/mol. The summed E-state index contributed by atoms with van der Waals surface area (Å²) in [6, 6.07) is 0. The normalized spacial score (nSPS) is 25.1. The molecule has 0 spiro atoms. The highest BCUT2D eigenvalue weighted by Crippen LogP contribution is 2.44. The van der Waals surface area contributed by atoms with Gasteiger partial charge in [-0.2, -0.15) is 0 Å². The van der Waals surface area contributed by atoms with E-state index in [9.17, 15) is 9.59 Å². The predicted molar refractivity (Wildman–Crippen MR) is 95.2 cm³/mol. The molecule has 140 valence electrons. The van der Waals surface area contributed by atoms with Crippen LogP contribution >= 0.6 is 0 Å². The van der Waals surface area contributed by atoms with Gasteiger partial charge in [-0.3, -0.25) is 4.90 Å². The van der Waals surface area contributed by atoms with Crippen molar-refractivity contribution in [2.24, 2.45) is 11.3 Å². The van der Waals surface area contributed by atoms with Crippen molar-refractivity contribution in [3.63, 3.8) is 0 Å². The number of carbonyl (C=O) groups excluding carboxylic acids is 2. The molecule has 0 aliphatic carbocycles. The van der Waals surface area contributed by atoms with Crippen molar-refractivity contribution < 1.29 is 23.5 Å². The lowest BCUT2D eigenvalue weighted by atomic mass is 9.79. The first-order chi connectivity index (χ1) is 10.7. The van der Waals surface area contributed by atoms with Crippen molar-refractivity contribution in [3.8, 4) is 0 Å². The molecule has 6 nitrogen and oxygen atoms in total. The Labute approximate surface area is 147 Å². The van der Waals surface area contributed by atoms with Gasteiger partial charge < -0.3 is 13.9 Å². The zero-order valence-electron chi connectivity index (χ0n) is 16.6. The molecule has 7 heteroatoms. The third-order valence-corrected chi connectivity index (χ3v) is 5.00. The zero-order valence-corrected chi connectivity index (χ0v) is 17.7. The number of esters is 1. The molecule has 1 rings (SSSR count). The fourth-order valence-electron chi connectivity index (χ4n) is 2.90. The minimum atomic E-state index is -1.63. The summed E-state index contributed by atoms with van der Waals surface area (Å²) in [5.74, 6) is -0.418. The van der Waals surface area contributed by atoms with E-state index in [1.54, 1.807) is 20.8 Å². The lowest BCUT2D eigenvalue weighted by Gasteiger charge is -2.37. The summed E-state index contributed by atoms with van der Waals surface area (Å²) in [4.78, 5) is 26.9. The van der Waals surface area contributed by atoms with Crippen molar-refractivity contribution in [2.75, 3.05) is 13.7 Å². The molecule has 0 radical (unpaired) electrons. The van der Waals surface area contributed by atoms with E-state index >= 15 is 0 Å². The van der Waals surface area contributed by atoms with Gasteiger partial charge in [0.2, 0.25) is 5.72 Å². The molecule has 1 heterocycles. The lowest BCUT2D eigenvalue weighted by Crippen LogP contribution is -2.58. The number of hydrogen-bond donors (Lipinski definition) is 0. The second kappa shape index (κ2) is 7.04. The van der Waals surface area contributed by atoms with Gasteiger partial charge in [-0.1, -0.05) is 20.8 Å². The summed E-state index contributed by atoms with van der Waals surface area (Å²) in [7, 11) is -0.299. The monoisotopic (exact) mass is 359 g/mol. The summed E-state index contributed by atoms with van der Waals surface area (Å²) in [6.07, 6.45) is -0.109. The van der Waals surface area contributed by atoms with Crippen LogP contribution in [0.2, 0.25) is 13.1 Å². The van der Waals surface area contributed by atoms with Gasteiger partial charge in [-0.15, -0.1) is 0 Å². The number of nitrogens with zero attached hydrogens (tertiary/aromatic N) is 1. The van der Waals surface area contributed by atoms with E-state index < -0.39 is 32.4 Å². The predicted octanol–water partition coefficient (Wildman–Crippen LogP) is 3.16. The second-order valence-electron chi connectivity index (χ2n) is 8.80. The molecule has 0 aromatic heterocycles. The molecule has 1 fully saturated rings. The smallest absolute Gasteiger partial charge is 0.413 e. The van der Waals surface area contributed by atoms with Crippen LogP contribution in [0.5, 0.6) is 0 Å². The Balaban J connectivity index is 3.30. The molecule has 1 saturated heterocycles. The summed E-state index contributed by atoms with van der Waals surface area (Å²) in [6.45, 7) is 16.1. The van der Waals surface area contributed by atoms with Gasteiger partial charge in [0, 0.05) is 13.0 Å². The summed E-state index contributed by atoms with van der Waals surface area (Å²) in [5, 5.41) is 0. The first kappa shape index (κ1) is 21.0. The number of ether oxygens (including phenoxy) is 2. The first-order valence-electron chi connectivity index (χ1n) is 8.50. The van der Waals surface area contributed by atoms with Crippen LogP contribution in [0.3, 0.4) is 0 Å². The summed E-state index contributed by atoms with van der Waals surface area (Å²) >= 11 is 0. The Morgan fingerprint density at radius 1 is 1.12 bits per heavy atom. The van der Waals surface area contributed by atoms with Gasteiger partial charge in [0.25, 0.3) is 0 Å². The van der Waals surface area contributed by atoms with Crippen LogP contribution in [0, 0.1) is 11.3 Å². The lowest BCUT2D eigenvalue weighted by molar-refractivity contribution is -0.173. The van der Waals surface area contributed by atoms with E-state index in [1.165, 1.54) is 12.0 Å². The molecule has 0 bridgehead atoms. The van der Waals surface area contributed by atoms with Crippen LogP contribution in [0.4, 0.5) is 4.79 Å². The number of rotatable bonds is 3. The molecular formula is C17H33NO5Si. The molecule has 2 atom stereocenters. The van der Waals surface area contributed by atoms with Crippen LogP contribution < -0.4 is 0 Å². The first-order valence-corrected chi connectivity index (χ1v) is 11.3. The molecular weight excluding hydrogens is 326 g/mol. The zero-order chi connectivity index (χ0) is 18.9. The number of hydrogen-bond acceptors (Lipinski definition) is 5. The Hall–Kier alpha value is -1.08. The number of carbonyl (C=O) groups is 2. The fraction of sp³-hybridized carbons (Fsp3) is 0.882. The maximum atomic E-state index is 12.8. The van der Waals surface area contributed by atoms with Crippen LogP contribution in [-0.4, -0.2) is 51.0 Å². The molecule has 0 aromatic carbocycles. The van der Waals surface area contributed by atoms with Crippen LogP contribution in [0.1, 0.15) is 48.0 Å². The number of methoxy groups -OCH3 is 1. The van der Waals surface area contributed by atoms with Crippen molar-refractivity contribution >= 4 is 21.1 Å². The average Bonchev–Trinajstić information content (AvgIpc) is 2.75. The Morgan fingerprint density at radius 2 is 1.67 bits per heavy atom. The van der Waals surface area contributed by atoms with Gasteiger partial charge in [0.1, 0.15) is 5.60 Å². The summed E-state index contributed by atoms with van der Waals surface area (Å²) < 4.78 is 16.7. The standard InChI is InChI=1S/C17H33NO5Si/c1-15(2,3)12-10-17(13(19)21-7,23-24(8)9)18(11-12)14(20)22-16(4,5)6/h12,24H,10-11H2,1-9H3/t12-,17+/m0/s1. The molecule has 0 aromatic rings. The number of amides is 1. The van der Waals surface area contributed by atoms with Gasteiger partial charge in [0.05, 0.1) is 7.11 Å². The Morgan fingerprint density at radius 3 is 2.04 bits per heavy atom. The third kappa shape index (κ3) is 4.72. The Kier molecular flexibility index (Phi) is 6.14. The van der Waals surface area contributed by atoms with E-state index in [4.69, 9.17) is 13.9 Å². The SMILES string of the molecule is COC(=O)[C@]1(O[SiH](C)C)C[C@H](C(C)(C)C)CN1C(=O)OC(C)(C)C. The molecule has 1 amide bonds. The highest BCUT2D eigenvalue weighted by Gasteiger charge is 2.58. The number of likely N-dealkylation sites (tertiary alicyclic amines) is 1. The van der Waals surface area contributed by atoms with Gasteiger partial charge in [-0.25, -0.2) is 9.59 Å². The van der Waals surface area contributed by atoms with E-state index in [1.807, 2.05) is 13.1 Å². The van der Waals surface area contributed by atoms with Crippen molar-refractivity contribution in [2.45, 2.75) is 72.4 Å². The minimum absolute atomic E-state index is 0.0715. The van der Waals surface area contributed by atoms with E-state index in [0.29, 0.717) is 13.0 Å². The van der Waals surface area contributed by atoms with Crippen LogP contribution in [0.15, 0.2) is 0 Å². The quantitative estimate of drug-likeness (QED) is 0.572. The topological polar surface area (TPSA) is 65.1 Å². The maximum absolute atomic E-state index is 12.8. The summed E-state index contributed by atoms with van der Waals surface area (Å²) in [5.41, 5.74) is -2.10. The second-order valence-corrected chi connectivity index (χ2v) is 11.1. The minimum Gasteiger partial charge on any atom is -0.465 e. The highest BCUT2D eigenvalue weighted by molar-refractivity contribution is 6.48. The molecule has 0 unspecified atom stereocenters. The van der Waals surface area contributed by atoms with E-state index in [0.717, 1.165) is 0 Å². The van der Waals surface area contributed by atoms with Crippen LogP contribution in [0.25, 0.3) is 0 Å². The van der Waals surface area contributed by atoms with E-state index in [-0.39, 0.29) is 11.3 Å². The largest absolute Gasteiger partial charge is 0.465 e. The molecule has 24 heavy (non-hydrogen) atoms. The van der Waals surface area contributed by atoms with Gasteiger partial charge in [0.15, 0.2) is 9.04 Å². The van der Waals surface area contributed by atoms with Gasteiger partial charge in [-0.05, 0) is 45.2 Å². The maximum Gasteiger partial charge on any atom is 0.413 e. The highest BCUT2D eigenvalue weighted by atomic mass is 28.3. The molecule has 0 N–H and O–H groups in total. The molecule has 1 aliphatic rings. The van der Waals surface area contributed by atoms with Crippen molar-refractivity contribution in [1.29, 1.82) is 0 Å². The van der Waals surface area contributed by atoms with Crippen LogP contribution in [-0.2, 0) is 18.7 Å². The molecule has 0 saturated carbocycles. The van der Waals surface area contributed by atoms with E-state index in [2.05, 4.69) is 20.8 Å². The molecule has 1 aliphatic heterocycles. The fourth-order valence-corrected chi connectivity index (χ4v) is 4.00. The Bertz CT molecular complexity index is 480. The van der Waals surface area contributed by atoms with Gasteiger partial charge >= 0.3 is 12.1 Å². The van der Waals surface area contributed by atoms with Crippen molar-refractivity contribution in [3.05, 3.63) is 0 Å². The van der Waals surface area contributed by atoms with Crippen molar-refractivity contribution in [1.82, 2.24) is 4.90 Å².